The number of benzene rings is 1. The highest BCUT2D eigenvalue weighted by molar-refractivity contribution is 5.83. The van der Waals surface area contributed by atoms with E-state index in [0.29, 0.717) is 6.54 Å². The molecular formula is C16H24N2O. The molecule has 1 saturated heterocycles. The van der Waals surface area contributed by atoms with E-state index < -0.39 is 0 Å². The molecule has 1 heterocycles. The van der Waals surface area contributed by atoms with E-state index in [2.05, 4.69) is 42.7 Å². The molecule has 1 amide bonds. The Morgan fingerprint density at radius 2 is 2.32 bits per heavy atom. The fraction of sp³-hybridized carbons (Fsp3) is 0.562. The Morgan fingerprint density at radius 3 is 2.95 bits per heavy atom. The quantitative estimate of drug-likeness (QED) is 0.853. The van der Waals surface area contributed by atoms with Crippen LogP contribution in [0.15, 0.2) is 24.3 Å². The summed E-state index contributed by atoms with van der Waals surface area (Å²) in [7, 11) is 0. The number of carbonyl (C=O) groups is 1. The van der Waals surface area contributed by atoms with E-state index in [1.807, 2.05) is 6.07 Å². The van der Waals surface area contributed by atoms with Crippen LogP contribution in [-0.2, 0) is 11.3 Å². The van der Waals surface area contributed by atoms with Crippen molar-refractivity contribution in [1.29, 1.82) is 0 Å². The van der Waals surface area contributed by atoms with E-state index in [9.17, 15) is 4.79 Å². The third-order valence-corrected chi connectivity index (χ3v) is 3.99. The zero-order valence-corrected chi connectivity index (χ0v) is 12.0. The zero-order valence-electron chi connectivity index (χ0n) is 12.0. The van der Waals surface area contributed by atoms with Gasteiger partial charge in [-0.25, -0.2) is 0 Å². The molecule has 0 saturated carbocycles. The molecule has 1 unspecified atom stereocenters. The molecule has 1 aliphatic heterocycles. The van der Waals surface area contributed by atoms with Crippen molar-refractivity contribution in [2.24, 2.45) is 5.41 Å². The van der Waals surface area contributed by atoms with Gasteiger partial charge in [-0.2, -0.15) is 0 Å². The van der Waals surface area contributed by atoms with E-state index in [4.69, 9.17) is 0 Å². The Bertz CT molecular complexity index is 436. The number of nitrogens with one attached hydrogen (secondary N) is 2. The Hall–Kier alpha value is -1.35. The summed E-state index contributed by atoms with van der Waals surface area (Å²) in [6.07, 6.45) is 2.99. The molecule has 0 aromatic heterocycles. The molecule has 1 aromatic rings. The van der Waals surface area contributed by atoms with Gasteiger partial charge in [0.05, 0.1) is 5.41 Å². The molecule has 0 radical (unpaired) electrons. The first-order valence-corrected chi connectivity index (χ1v) is 7.21. The van der Waals surface area contributed by atoms with Crippen LogP contribution in [0.3, 0.4) is 0 Å². The van der Waals surface area contributed by atoms with Gasteiger partial charge in [0.15, 0.2) is 0 Å². The van der Waals surface area contributed by atoms with Crippen molar-refractivity contribution in [3.8, 4) is 0 Å². The standard InChI is InChI=1S/C16H24N2O/c1-3-7-16(8-9-17-12-16)15(19)18-11-14-6-4-5-13(2)10-14/h4-6,10,17H,3,7-9,11-12H2,1-2H3,(H,18,19). The van der Waals surface area contributed by atoms with Gasteiger partial charge in [0.25, 0.3) is 0 Å². The predicted molar refractivity (Wildman–Crippen MR) is 77.9 cm³/mol. The van der Waals surface area contributed by atoms with Crippen LogP contribution < -0.4 is 10.6 Å². The molecule has 0 bridgehead atoms. The number of hydrogen-bond acceptors (Lipinski definition) is 2. The Balaban J connectivity index is 1.96. The van der Waals surface area contributed by atoms with E-state index in [1.165, 1.54) is 11.1 Å². The number of amides is 1. The van der Waals surface area contributed by atoms with E-state index in [0.717, 1.165) is 32.4 Å². The number of carbonyl (C=O) groups excluding carboxylic acids is 1. The molecule has 104 valence electrons. The second-order valence-electron chi connectivity index (χ2n) is 5.63. The molecule has 1 aliphatic rings. The Morgan fingerprint density at radius 1 is 1.47 bits per heavy atom. The number of rotatable bonds is 5. The summed E-state index contributed by atoms with van der Waals surface area (Å²) in [6.45, 7) is 6.63. The summed E-state index contributed by atoms with van der Waals surface area (Å²) in [4.78, 5) is 12.5. The van der Waals surface area contributed by atoms with Crippen LogP contribution in [0.4, 0.5) is 0 Å². The van der Waals surface area contributed by atoms with E-state index in [-0.39, 0.29) is 11.3 Å². The summed E-state index contributed by atoms with van der Waals surface area (Å²) >= 11 is 0. The van der Waals surface area contributed by atoms with Gasteiger partial charge in [-0.05, 0) is 31.9 Å². The number of hydrogen-bond donors (Lipinski definition) is 2. The minimum absolute atomic E-state index is 0.182. The first kappa shape index (κ1) is 14.1. The fourth-order valence-corrected chi connectivity index (χ4v) is 2.93. The minimum Gasteiger partial charge on any atom is -0.352 e. The van der Waals surface area contributed by atoms with Gasteiger partial charge in [-0.15, -0.1) is 0 Å². The minimum atomic E-state index is -0.182. The van der Waals surface area contributed by atoms with Gasteiger partial charge in [0.2, 0.25) is 5.91 Å². The molecule has 0 spiro atoms. The van der Waals surface area contributed by atoms with Crippen LogP contribution in [0.25, 0.3) is 0 Å². The van der Waals surface area contributed by atoms with Crippen molar-refractivity contribution in [2.75, 3.05) is 13.1 Å². The molecule has 3 nitrogen and oxygen atoms in total. The van der Waals surface area contributed by atoms with Crippen molar-refractivity contribution in [1.82, 2.24) is 10.6 Å². The second kappa shape index (κ2) is 6.20. The molecule has 1 fully saturated rings. The largest absolute Gasteiger partial charge is 0.352 e. The Kier molecular flexibility index (Phi) is 4.59. The van der Waals surface area contributed by atoms with Crippen LogP contribution in [-0.4, -0.2) is 19.0 Å². The monoisotopic (exact) mass is 260 g/mol. The van der Waals surface area contributed by atoms with Gasteiger partial charge in [0.1, 0.15) is 0 Å². The maximum absolute atomic E-state index is 12.5. The maximum Gasteiger partial charge on any atom is 0.227 e. The third kappa shape index (κ3) is 3.35. The maximum atomic E-state index is 12.5. The van der Waals surface area contributed by atoms with Crippen molar-refractivity contribution >= 4 is 5.91 Å². The van der Waals surface area contributed by atoms with Crippen molar-refractivity contribution in [2.45, 2.75) is 39.7 Å². The number of aryl methyl sites for hydroxylation is 1. The Labute approximate surface area is 115 Å². The second-order valence-corrected chi connectivity index (χ2v) is 5.63. The molecule has 19 heavy (non-hydrogen) atoms. The highest BCUT2D eigenvalue weighted by Crippen LogP contribution is 2.31. The first-order chi connectivity index (χ1) is 9.16. The van der Waals surface area contributed by atoms with Crippen molar-refractivity contribution < 1.29 is 4.79 Å². The fourth-order valence-electron chi connectivity index (χ4n) is 2.93. The highest BCUT2D eigenvalue weighted by atomic mass is 16.2. The molecule has 1 aromatic carbocycles. The average Bonchev–Trinajstić information content (AvgIpc) is 2.86. The lowest BCUT2D eigenvalue weighted by Gasteiger charge is -2.26. The van der Waals surface area contributed by atoms with Crippen LogP contribution in [0, 0.1) is 12.3 Å². The van der Waals surface area contributed by atoms with Gasteiger partial charge in [-0.1, -0.05) is 43.2 Å². The lowest BCUT2D eigenvalue weighted by atomic mass is 9.81. The van der Waals surface area contributed by atoms with Crippen molar-refractivity contribution in [3.63, 3.8) is 0 Å². The lowest BCUT2D eigenvalue weighted by Crippen LogP contribution is -2.42. The first-order valence-electron chi connectivity index (χ1n) is 7.21. The topological polar surface area (TPSA) is 41.1 Å². The summed E-state index contributed by atoms with van der Waals surface area (Å²) in [5.74, 6) is 0.209. The normalized spacial score (nSPS) is 22.4. The summed E-state index contributed by atoms with van der Waals surface area (Å²) in [5.41, 5.74) is 2.22. The zero-order chi connectivity index (χ0) is 13.7. The third-order valence-electron chi connectivity index (χ3n) is 3.99. The van der Waals surface area contributed by atoms with Crippen LogP contribution >= 0.6 is 0 Å². The van der Waals surface area contributed by atoms with E-state index >= 15 is 0 Å². The van der Waals surface area contributed by atoms with Gasteiger partial charge >= 0.3 is 0 Å². The molecule has 2 N–H and O–H groups in total. The van der Waals surface area contributed by atoms with Gasteiger partial charge < -0.3 is 10.6 Å². The summed E-state index contributed by atoms with van der Waals surface area (Å²) < 4.78 is 0. The summed E-state index contributed by atoms with van der Waals surface area (Å²) in [5, 5.41) is 6.44. The average molecular weight is 260 g/mol. The highest BCUT2D eigenvalue weighted by Gasteiger charge is 2.39. The lowest BCUT2D eigenvalue weighted by molar-refractivity contribution is -0.130. The van der Waals surface area contributed by atoms with Gasteiger partial charge in [-0.3, -0.25) is 4.79 Å². The van der Waals surface area contributed by atoms with Gasteiger partial charge in [0, 0.05) is 13.1 Å². The van der Waals surface area contributed by atoms with Crippen LogP contribution in [0.5, 0.6) is 0 Å². The predicted octanol–water partition coefficient (Wildman–Crippen LogP) is 2.39. The molecule has 0 aliphatic carbocycles. The van der Waals surface area contributed by atoms with Crippen molar-refractivity contribution in [3.05, 3.63) is 35.4 Å². The van der Waals surface area contributed by atoms with Crippen LogP contribution in [0.1, 0.15) is 37.3 Å². The van der Waals surface area contributed by atoms with E-state index in [1.54, 1.807) is 0 Å². The van der Waals surface area contributed by atoms with Crippen LogP contribution in [0.2, 0.25) is 0 Å². The molecule has 3 heteroatoms. The summed E-state index contributed by atoms with van der Waals surface area (Å²) in [6, 6.07) is 8.30. The smallest absolute Gasteiger partial charge is 0.227 e. The molecule has 1 atom stereocenters. The molecule has 2 rings (SSSR count). The molecular weight excluding hydrogens is 236 g/mol. The SMILES string of the molecule is CCCC1(C(=O)NCc2cccc(C)c2)CCNC1.